The number of rotatable bonds is 3. The molecular weight excluding hydrogens is 252 g/mol. The van der Waals surface area contributed by atoms with E-state index in [0.29, 0.717) is 0 Å². The highest BCUT2D eigenvalue weighted by atomic mass is 32.1. The molecule has 2 rings (SSSR count). The largest absolute Gasteiger partial charge is 0.271 e. The van der Waals surface area contributed by atoms with Crippen LogP contribution in [0.3, 0.4) is 0 Å². The van der Waals surface area contributed by atoms with Crippen molar-refractivity contribution in [2.75, 3.05) is 0 Å². The van der Waals surface area contributed by atoms with E-state index in [1.54, 1.807) is 11.3 Å². The molecule has 2 nitrogen and oxygen atoms in total. The van der Waals surface area contributed by atoms with E-state index < -0.39 is 0 Å². The fraction of sp³-hybridized carbons (Fsp3) is 0.375. The zero-order valence-corrected chi connectivity index (χ0v) is 12.8. The second-order valence-corrected chi connectivity index (χ2v) is 6.85. The van der Waals surface area contributed by atoms with E-state index >= 15 is 0 Å². The summed E-state index contributed by atoms with van der Waals surface area (Å²) < 4.78 is 0. The standard InChI is InChI=1S/C16H22N2S/c1-11-9-10-19-15(11)14(18-17)12-7-5-6-8-13(12)16(2,3)4/h5-10,14,18H,17H2,1-4H3. The Hall–Kier alpha value is -1.16. The lowest BCUT2D eigenvalue weighted by atomic mass is 9.81. The maximum absolute atomic E-state index is 5.83. The number of aryl methyl sites for hydroxylation is 1. The molecule has 0 saturated carbocycles. The molecule has 1 aromatic carbocycles. The third-order valence-corrected chi connectivity index (χ3v) is 4.49. The van der Waals surface area contributed by atoms with Gasteiger partial charge in [-0.1, -0.05) is 45.0 Å². The number of benzene rings is 1. The van der Waals surface area contributed by atoms with Crippen LogP contribution in [0.1, 0.15) is 48.4 Å². The average molecular weight is 274 g/mol. The third-order valence-electron chi connectivity index (χ3n) is 3.41. The van der Waals surface area contributed by atoms with Crippen LogP contribution in [0.25, 0.3) is 0 Å². The minimum atomic E-state index is 0.0652. The van der Waals surface area contributed by atoms with Gasteiger partial charge < -0.3 is 0 Å². The van der Waals surface area contributed by atoms with Gasteiger partial charge >= 0.3 is 0 Å². The lowest BCUT2D eigenvalue weighted by Crippen LogP contribution is -2.31. The van der Waals surface area contributed by atoms with E-state index in [2.05, 4.69) is 68.8 Å². The first kappa shape index (κ1) is 14.3. The van der Waals surface area contributed by atoms with Crippen LogP contribution in [-0.2, 0) is 5.41 Å². The summed E-state index contributed by atoms with van der Waals surface area (Å²) in [7, 11) is 0. The Labute approximate surface area is 119 Å². The summed E-state index contributed by atoms with van der Waals surface area (Å²) >= 11 is 1.75. The number of thiophene rings is 1. The molecule has 3 N–H and O–H groups in total. The third kappa shape index (κ3) is 2.89. The topological polar surface area (TPSA) is 38.0 Å². The van der Waals surface area contributed by atoms with Crippen LogP contribution in [-0.4, -0.2) is 0 Å². The number of hydrogen-bond acceptors (Lipinski definition) is 3. The van der Waals surface area contributed by atoms with Gasteiger partial charge in [-0.15, -0.1) is 11.3 Å². The second kappa shape index (κ2) is 5.45. The van der Waals surface area contributed by atoms with Crippen LogP contribution < -0.4 is 11.3 Å². The first-order valence-electron chi connectivity index (χ1n) is 6.54. The Bertz CT molecular complexity index is 552. The normalized spacial score (nSPS) is 13.5. The SMILES string of the molecule is Cc1ccsc1C(NN)c1ccccc1C(C)(C)C. The van der Waals surface area contributed by atoms with Gasteiger partial charge in [0.2, 0.25) is 0 Å². The zero-order valence-electron chi connectivity index (χ0n) is 12.0. The number of hydrogen-bond donors (Lipinski definition) is 2. The van der Waals surface area contributed by atoms with Gasteiger partial charge in [0.05, 0.1) is 6.04 Å². The molecule has 0 aliphatic rings. The fourth-order valence-corrected chi connectivity index (χ4v) is 3.42. The van der Waals surface area contributed by atoms with E-state index in [1.165, 1.54) is 21.6 Å². The number of nitrogens with one attached hydrogen (secondary N) is 1. The molecule has 1 unspecified atom stereocenters. The highest BCUT2D eigenvalue weighted by Crippen LogP contribution is 2.35. The summed E-state index contributed by atoms with van der Waals surface area (Å²) in [4.78, 5) is 1.29. The molecule has 102 valence electrons. The molecular formula is C16H22N2S. The van der Waals surface area contributed by atoms with E-state index in [4.69, 9.17) is 5.84 Å². The van der Waals surface area contributed by atoms with Gasteiger partial charge in [-0.3, -0.25) is 5.84 Å². The molecule has 3 heteroatoms. The van der Waals surface area contributed by atoms with Crippen LogP contribution in [0, 0.1) is 6.92 Å². The first-order chi connectivity index (χ1) is 8.95. The first-order valence-corrected chi connectivity index (χ1v) is 7.42. The van der Waals surface area contributed by atoms with Gasteiger partial charge in [0.1, 0.15) is 0 Å². The van der Waals surface area contributed by atoms with Gasteiger partial charge in [-0.25, -0.2) is 5.43 Å². The van der Waals surface area contributed by atoms with Crippen molar-refractivity contribution in [2.45, 2.75) is 39.2 Å². The molecule has 0 saturated heterocycles. The Morgan fingerprint density at radius 3 is 2.37 bits per heavy atom. The molecule has 1 aromatic heterocycles. The van der Waals surface area contributed by atoms with Crippen molar-refractivity contribution in [2.24, 2.45) is 5.84 Å². The lowest BCUT2D eigenvalue weighted by Gasteiger charge is -2.27. The van der Waals surface area contributed by atoms with Crippen molar-refractivity contribution < 1.29 is 0 Å². The van der Waals surface area contributed by atoms with E-state index in [1.807, 2.05) is 0 Å². The van der Waals surface area contributed by atoms with Crippen LogP contribution >= 0.6 is 11.3 Å². The van der Waals surface area contributed by atoms with Gasteiger partial charge in [-0.2, -0.15) is 0 Å². The molecule has 1 atom stereocenters. The maximum atomic E-state index is 5.83. The van der Waals surface area contributed by atoms with Crippen LogP contribution in [0.4, 0.5) is 0 Å². The molecule has 0 bridgehead atoms. The van der Waals surface area contributed by atoms with Crippen LogP contribution in [0.2, 0.25) is 0 Å². The predicted octanol–water partition coefficient (Wildman–Crippen LogP) is 3.91. The monoisotopic (exact) mass is 274 g/mol. The predicted molar refractivity (Wildman–Crippen MR) is 83.4 cm³/mol. The average Bonchev–Trinajstić information content (AvgIpc) is 2.76. The summed E-state index contributed by atoms with van der Waals surface area (Å²) in [5.74, 6) is 5.83. The van der Waals surface area contributed by atoms with Crippen molar-refractivity contribution in [3.05, 3.63) is 57.3 Å². The number of nitrogens with two attached hydrogens (primary N) is 1. The Balaban J connectivity index is 2.54. The van der Waals surface area contributed by atoms with Crippen molar-refractivity contribution in [1.82, 2.24) is 5.43 Å². The molecule has 0 amide bonds. The van der Waals surface area contributed by atoms with Gasteiger partial charge in [0.15, 0.2) is 0 Å². The highest BCUT2D eigenvalue weighted by molar-refractivity contribution is 7.10. The van der Waals surface area contributed by atoms with Crippen LogP contribution in [0.15, 0.2) is 35.7 Å². The molecule has 1 heterocycles. The van der Waals surface area contributed by atoms with Crippen molar-refractivity contribution >= 4 is 11.3 Å². The maximum Gasteiger partial charge on any atom is 0.0808 e. The molecule has 2 aromatic rings. The summed E-state index contributed by atoms with van der Waals surface area (Å²) in [6, 6.07) is 10.8. The highest BCUT2D eigenvalue weighted by Gasteiger charge is 2.24. The molecule has 0 aliphatic carbocycles. The Morgan fingerprint density at radius 1 is 1.16 bits per heavy atom. The smallest absolute Gasteiger partial charge is 0.0808 e. The molecule has 0 spiro atoms. The lowest BCUT2D eigenvalue weighted by molar-refractivity contribution is 0.559. The summed E-state index contributed by atoms with van der Waals surface area (Å²) in [6.45, 7) is 8.85. The zero-order chi connectivity index (χ0) is 14.0. The van der Waals surface area contributed by atoms with Gasteiger partial charge in [0.25, 0.3) is 0 Å². The van der Waals surface area contributed by atoms with Crippen molar-refractivity contribution in [3.63, 3.8) is 0 Å². The Kier molecular flexibility index (Phi) is 4.09. The molecule has 0 fully saturated rings. The summed E-state index contributed by atoms with van der Waals surface area (Å²) in [5.41, 5.74) is 6.99. The Morgan fingerprint density at radius 2 is 1.84 bits per heavy atom. The van der Waals surface area contributed by atoms with Gasteiger partial charge in [0, 0.05) is 4.88 Å². The minimum absolute atomic E-state index is 0.0652. The van der Waals surface area contributed by atoms with Crippen molar-refractivity contribution in [1.29, 1.82) is 0 Å². The summed E-state index contributed by atoms with van der Waals surface area (Å²) in [6.07, 6.45) is 0. The van der Waals surface area contributed by atoms with E-state index in [0.717, 1.165) is 0 Å². The van der Waals surface area contributed by atoms with Crippen LogP contribution in [0.5, 0.6) is 0 Å². The number of hydrazine groups is 1. The van der Waals surface area contributed by atoms with E-state index in [9.17, 15) is 0 Å². The van der Waals surface area contributed by atoms with Gasteiger partial charge in [-0.05, 0) is 40.5 Å². The minimum Gasteiger partial charge on any atom is -0.271 e. The second-order valence-electron chi connectivity index (χ2n) is 5.90. The van der Waals surface area contributed by atoms with Crippen molar-refractivity contribution in [3.8, 4) is 0 Å². The quantitative estimate of drug-likeness (QED) is 0.658. The molecule has 0 radical (unpaired) electrons. The summed E-state index contributed by atoms with van der Waals surface area (Å²) in [5, 5.41) is 2.12. The molecule has 0 aliphatic heterocycles. The van der Waals surface area contributed by atoms with E-state index in [-0.39, 0.29) is 11.5 Å². The molecule has 19 heavy (non-hydrogen) atoms. The fourth-order valence-electron chi connectivity index (χ4n) is 2.42.